The number of rotatable bonds is 5. The molecule has 1 aromatic carbocycles. The number of hydrogen-bond acceptors (Lipinski definition) is 4. The summed E-state index contributed by atoms with van der Waals surface area (Å²) in [5.74, 6) is -1.50. The molecular weight excluding hydrogens is 364 g/mol. The Morgan fingerprint density at radius 3 is 2.63 bits per heavy atom. The number of amides is 1. The zero-order valence-electron chi connectivity index (χ0n) is 14.3. The first-order chi connectivity index (χ1) is 12.8. The summed E-state index contributed by atoms with van der Waals surface area (Å²) >= 11 is 0. The second-order valence-electron chi connectivity index (χ2n) is 6.45. The Balaban J connectivity index is 1.80. The maximum Gasteiger partial charge on any atom is 0.434 e. The van der Waals surface area contributed by atoms with E-state index < -0.39 is 29.2 Å². The van der Waals surface area contributed by atoms with Gasteiger partial charge >= 0.3 is 6.18 Å². The fourth-order valence-electron chi connectivity index (χ4n) is 3.07. The van der Waals surface area contributed by atoms with E-state index in [2.05, 4.69) is 20.6 Å². The predicted molar refractivity (Wildman–Crippen MR) is 91.0 cm³/mol. The van der Waals surface area contributed by atoms with Crippen LogP contribution in [0, 0.1) is 11.7 Å². The Morgan fingerprint density at radius 1 is 1.22 bits per heavy atom. The van der Waals surface area contributed by atoms with Crippen molar-refractivity contribution in [3.05, 3.63) is 47.5 Å². The maximum absolute atomic E-state index is 13.4. The molecule has 9 heteroatoms. The number of nitrogens with zero attached hydrogens (tertiary/aromatic N) is 2. The van der Waals surface area contributed by atoms with Crippen LogP contribution in [0.5, 0.6) is 0 Å². The van der Waals surface area contributed by atoms with E-state index in [-0.39, 0.29) is 17.6 Å². The van der Waals surface area contributed by atoms with Crippen molar-refractivity contribution in [2.75, 3.05) is 11.9 Å². The molecule has 2 aromatic rings. The normalized spacial score (nSPS) is 15.0. The van der Waals surface area contributed by atoms with Crippen LogP contribution >= 0.6 is 0 Å². The van der Waals surface area contributed by atoms with Crippen LogP contribution in [0.3, 0.4) is 0 Å². The first-order valence-corrected chi connectivity index (χ1v) is 8.58. The molecule has 0 atom stereocenters. The van der Waals surface area contributed by atoms with E-state index in [1.165, 1.54) is 18.2 Å². The van der Waals surface area contributed by atoms with Gasteiger partial charge in [-0.1, -0.05) is 18.9 Å². The van der Waals surface area contributed by atoms with Crippen molar-refractivity contribution >= 4 is 17.5 Å². The maximum atomic E-state index is 13.4. The van der Waals surface area contributed by atoms with Crippen molar-refractivity contribution in [2.24, 2.45) is 5.92 Å². The van der Waals surface area contributed by atoms with Crippen LogP contribution in [-0.2, 0) is 6.18 Å². The summed E-state index contributed by atoms with van der Waals surface area (Å²) in [4.78, 5) is 19.4. The molecule has 1 amide bonds. The second kappa shape index (κ2) is 7.89. The van der Waals surface area contributed by atoms with Gasteiger partial charge in [-0.15, -0.1) is 0 Å². The van der Waals surface area contributed by atoms with Crippen molar-refractivity contribution in [1.29, 1.82) is 0 Å². The highest BCUT2D eigenvalue weighted by molar-refractivity contribution is 5.95. The Morgan fingerprint density at radius 2 is 1.96 bits per heavy atom. The van der Waals surface area contributed by atoms with Crippen LogP contribution in [-0.4, -0.2) is 22.4 Å². The molecule has 5 nitrogen and oxygen atoms in total. The molecule has 1 saturated carbocycles. The molecule has 1 aliphatic carbocycles. The summed E-state index contributed by atoms with van der Waals surface area (Å²) in [5.41, 5.74) is -1.77. The summed E-state index contributed by atoms with van der Waals surface area (Å²) in [7, 11) is 0. The Labute approximate surface area is 153 Å². The number of carbonyl (C=O) groups is 1. The molecule has 2 N–H and O–H groups in total. The quantitative estimate of drug-likeness (QED) is 0.757. The second-order valence-corrected chi connectivity index (χ2v) is 6.45. The third kappa shape index (κ3) is 4.93. The number of nitrogens with one attached hydrogen (secondary N) is 2. The van der Waals surface area contributed by atoms with Gasteiger partial charge in [-0.2, -0.15) is 13.2 Å². The van der Waals surface area contributed by atoms with Gasteiger partial charge < -0.3 is 10.6 Å². The van der Waals surface area contributed by atoms with E-state index in [1.807, 2.05) is 0 Å². The van der Waals surface area contributed by atoms with Crippen LogP contribution in [0.2, 0.25) is 0 Å². The largest absolute Gasteiger partial charge is 0.434 e. The lowest BCUT2D eigenvalue weighted by Crippen LogP contribution is -2.31. The Kier molecular flexibility index (Phi) is 5.57. The van der Waals surface area contributed by atoms with E-state index in [0.29, 0.717) is 6.54 Å². The molecular formula is C18H18F4N4O. The number of hydrogen-bond donors (Lipinski definition) is 2. The van der Waals surface area contributed by atoms with E-state index in [4.69, 9.17) is 0 Å². The molecule has 0 unspecified atom stereocenters. The number of anilines is 2. The van der Waals surface area contributed by atoms with Crippen molar-refractivity contribution in [2.45, 2.75) is 31.9 Å². The molecule has 0 aliphatic heterocycles. The smallest absolute Gasteiger partial charge is 0.352 e. The molecule has 1 heterocycles. The standard InChI is InChI=1S/C18H18F4N4O/c19-12-6-3-7-13(8-12)25-17-24-10-14(15(26-17)18(20,21)22)16(27)23-9-11-4-1-2-5-11/h3,6-8,10-11H,1-2,4-5,9H2,(H,23,27)(H,24,25,26). The molecule has 1 aromatic heterocycles. The fourth-order valence-corrected chi connectivity index (χ4v) is 3.07. The third-order valence-corrected chi connectivity index (χ3v) is 4.41. The van der Waals surface area contributed by atoms with Crippen molar-refractivity contribution in [3.8, 4) is 0 Å². The van der Waals surface area contributed by atoms with Gasteiger partial charge in [0.1, 0.15) is 5.82 Å². The zero-order valence-corrected chi connectivity index (χ0v) is 14.3. The molecule has 27 heavy (non-hydrogen) atoms. The lowest BCUT2D eigenvalue weighted by molar-refractivity contribution is -0.141. The third-order valence-electron chi connectivity index (χ3n) is 4.41. The minimum atomic E-state index is -4.83. The van der Waals surface area contributed by atoms with Crippen LogP contribution in [0.4, 0.5) is 29.2 Å². The first-order valence-electron chi connectivity index (χ1n) is 8.58. The van der Waals surface area contributed by atoms with Gasteiger partial charge in [0.15, 0.2) is 5.69 Å². The number of halogens is 4. The van der Waals surface area contributed by atoms with Crippen LogP contribution in [0.25, 0.3) is 0 Å². The molecule has 1 fully saturated rings. The Bertz CT molecular complexity index is 819. The summed E-state index contributed by atoms with van der Waals surface area (Å²) in [6.45, 7) is 0.333. The summed E-state index contributed by atoms with van der Waals surface area (Å²) in [6, 6.07) is 5.15. The van der Waals surface area contributed by atoms with E-state index >= 15 is 0 Å². The van der Waals surface area contributed by atoms with Crippen molar-refractivity contribution < 1.29 is 22.4 Å². The lowest BCUT2D eigenvalue weighted by Gasteiger charge is -2.15. The summed E-state index contributed by atoms with van der Waals surface area (Å²) < 4.78 is 53.3. The SMILES string of the molecule is O=C(NCC1CCCC1)c1cnc(Nc2cccc(F)c2)nc1C(F)(F)F. The number of carbonyl (C=O) groups excluding carboxylic acids is 1. The van der Waals surface area contributed by atoms with Gasteiger partial charge in [0, 0.05) is 18.4 Å². The van der Waals surface area contributed by atoms with Crippen molar-refractivity contribution in [3.63, 3.8) is 0 Å². The first kappa shape index (κ1) is 19.1. The molecule has 3 rings (SSSR count). The van der Waals surface area contributed by atoms with E-state index in [0.717, 1.165) is 37.9 Å². The molecule has 0 spiro atoms. The highest BCUT2D eigenvalue weighted by Gasteiger charge is 2.38. The molecule has 0 bridgehead atoms. The van der Waals surface area contributed by atoms with Gasteiger partial charge in [-0.05, 0) is 37.0 Å². The number of benzene rings is 1. The van der Waals surface area contributed by atoms with E-state index in [9.17, 15) is 22.4 Å². The molecule has 144 valence electrons. The van der Waals surface area contributed by atoms with E-state index in [1.54, 1.807) is 0 Å². The van der Waals surface area contributed by atoms with Crippen LogP contribution in [0.1, 0.15) is 41.7 Å². The summed E-state index contributed by atoms with van der Waals surface area (Å²) in [6.07, 6.45) is 0.0529. The Hall–Kier alpha value is -2.71. The minimum Gasteiger partial charge on any atom is -0.352 e. The van der Waals surface area contributed by atoms with Crippen molar-refractivity contribution in [1.82, 2.24) is 15.3 Å². The topological polar surface area (TPSA) is 66.9 Å². The van der Waals surface area contributed by atoms with Gasteiger partial charge in [0.05, 0.1) is 5.56 Å². The molecule has 0 radical (unpaired) electrons. The number of aromatic nitrogens is 2. The molecule has 0 saturated heterocycles. The van der Waals surface area contributed by atoms with Crippen LogP contribution < -0.4 is 10.6 Å². The highest BCUT2D eigenvalue weighted by Crippen LogP contribution is 2.31. The fraction of sp³-hybridized carbons (Fsp3) is 0.389. The lowest BCUT2D eigenvalue weighted by atomic mass is 10.1. The minimum absolute atomic E-state index is 0.196. The molecule has 1 aliphatic rings. The van der Waals surface area contributed by atoms with Gasteiger partial charge in [0.25, 0.3) is 5.91 Å². The van der Waals surface area contributed by atoms with Crippen LogP contribution in [0.15, 0.2) is 30.5 Å². The predicted octanol–water partition coefficient (Wildman–Crippen LogP) is 4.30. The van der Waals surface area contributed by atoms with Gasteiger partial charge in [-0.25, -0.2) is 14.4 Å². The number of alkyl halides is 3. The van der Waals surface area contributed by atoms with Gasteiger partial charge in [-0.3, -0.25) is 4.79 Å². The average molecular weight is 382 g/mol. The summed E-state index contributed by atoms with van der Waals surface area (Å²) in [5, 5.41) is 5.05. The average Bonchev–Trinajstić information content (AvgIpc) is 3.12. The zero-order chi connectivity index (χ0) is 19.4. The highest BCUT2D eigenvalue weighted by atomic mass is 19.4. The van der Waals surface area contributed by atoms with Gasteiger partial charge in [0.2, 0.25) is 5.95 Å². The monoisotopic (exact) mass is 382 g/mol.